The third kappa shape index (κ3) is 5.58. The molecular weight excluding hydrogens is 484 g/mol. The van der Waals surface area contributed by atoms with Gasteiger partial charge in [-0.2, -0.15) is 0 Å². The van der Waals surface area contributed by atoms with Crippen molar-refractivity contribution in [3.63, 3.8) is 0 Å². The molecule has 0 spiro atoms. The number of carbonyl (C=O) groups is 2. The van der Waals surface area contributed by atoms with Crippen molar-refractivity contribution in [2.24, 2.45) is 0 Å². The molecule has 1 aliphatic heterocycles. The molecule has 0 radical (unpaired) electrons. The van der Waals surface area contributed by atoms with Crippen molar-refractivity contribution in [3.05, 3.63) is 46.6 Å². The van der Waals surface area contributed by atoms with E-state index in [4.69, 9.17) is 22.1 Å². The number of nitrogens with two attached hydrogens (primary N) is 1. The summed E-state index contributed by atoms with van der Waals surface area (Å²) in [6.07, 6.45) is 1.30. The minimum absolute atomic E-state index is 0.0132. The van der Waals surface area contributed by atoms with Crippen molar-refractivity contribution in [2.45, 2.75) is 33.5 Å². The number of carbonyl (C=O) groups excluding carboxylic acids is 2. The van der Waals surface area contributed by atoms with Gasteiger partial charge in [0.25, 0.3) is 17.6 Å². The van der Waals surface area contributed by atoms with Gasteiger partial charge < -0.3 is 21.1 Å². The summed E-state index contributed by atoms with van der Waals surface area (Å²) in [5.41, 5.74) is 8.29. The van der Waals surface area contributed by atoms with Crippen LogP contribution in [0.4, 0.5) is 5.82 Å². The molecule has 4 N–H and O–H groups in total. The standard InChI is InChI=1S/C24H31ClN8O3/c1-3-32-17-6-5-16(23(34)27-7-8-31-9-11-36-12-10-31)13-18(17)33(4-2)20(32)15-29-24(35)21-22(26)28-14-19(25)30-21/h5-6,13-14H,3-4,7-12,15H2,1-2H3,(H3-,26,27,28,29,34,35)/p+1. The molecule has 1 fully saturated rings. The second-order valence-electron chi connectivity index (χ2n) is 8.43. The number of nitrogen functional groups attached to an aromatic ring is 1. The zero-order valence-corrected chi connectivity index (χ0v) is 21.3. The Labute approximate surface area is 214 Å². The number of nitrogens with zero attached hydrogens (tertiary/aromatic N) is 5. The molecule has 3 heterocycles. The van der Waals surface area contributed by atoms with E-state index in [1.807, 2.05) is 32.0 Å². The molecule has 1 aromatic carbocycles. The molecule has 0 saturated carbocycles. The monoisotopic (exact) mass is 515 g/mol. The van der Waals surface area contributed by atoms with Gasteiger partial charge >= 0.3 is 0 Å². The zero-order valence-electron chi connectivity index (χ0n) is 20.6. The smallest absolute Gasteiger partial charge is 0.277 e. The van der Waals surface area contributed by atoms with E-state index in [1.165, 1.54) is 6.20 Å². The summed E-state index contributed by atoms with van der Waals surface area (Å²) >= 11 is 5.88. The number of hydrogen-bond acceptors (Lipinski definition) is 7. The average Bonchev–Trinajstić information content (AvgIpc) is 3.20. The molecule has 2 aromatic heterocycles. The number of anilines is 1. The maximum atomic E-state index is 12.9. The van der Waals surface area contributed by atoms with Crippen LogP contribution < -0.4 is 20.9 Å². The SMILES string of the molecule is CCn1c(CNC(=O)c2nc(Cl)cnc2N)[n+](CC)c2ccc(C(=O)NCCN3CCOCC3)cc21. The van der Waals surface area contributed by atoms with Gasteiger partial charge in [-0.05, 0) is 26.0 Å². The Bertz CT molecular complexity index is 1260. The molecule has 1 saturated heterocycles. The van der Waals surface area contributed by atoms with E-state index in [1.54, 1.807) is 0 Å². The molecule has 11 nitrogen and oxygen atoms in total. The van der Waals surface area contributed by atoms with Crippen LogP contribution in [0.2, 0.25) is 5.15 Å². The van der Waals surface area contributed by atoms with E-state index in [2.05, 4.69) is 34.6 Å². The van der Waals surface area contributed by atoms with Gasteiger partial charge in [0.1, 0.15) is 11.7 Å². The highest BCUT2D eigenvalue weighted by atomic mass is 35.5. The van der Waals surface area contributed by atoms with Crippen molar-refractivity contribution in [1.82, 2.24) is 30.1 Å². The number of amides is 2. The normalized spacial score (nSPS) is 14.2. The summed E-state index contributed by atoms with van der Waals surface area (Å²) in [4.78, 5) is 35.8. The Kier molecular flexibility index (Phi) is 8.34. The van der Waals surface area contributed by atoms with E-state index in [9.17, 15) is 9.59 Å². The first-order valence-electron chi connectivity index (χ1n) is 12.1. The highest BCUT2D eigenvalue weighted by molar-refractivity contribution is 6.29. The number of rotatable bonds is 9. The van der Waals surface area contributed by atoms with Crippen LogP contribution in [0, 0.1) is 0 Å². The number of morpholine rings is 1. The van der Waals surface area contributed by atoms with Gasteiger partial charge in [-0.25, -0.2) is 19.1 Å². The molecular formula is C24H32ClN8O3+. The van der Waals surface area contributed by atoms with Crippen molar-refractivity contribution in [1.29, 1.82) is 0 Å². The number of nitrogens with one attached hydrogen (secondary N) is 2. The van der Waals surface area contributed by atoms with E-state index in [0.29, 0.717) is 25.2 Å². The lowest BCUT2D eigenvalue weighted by molar-refractivity contribution is -0.676. The number of halogens is 1. The number of fused-ring (bicyclic) bond motifs is 1. The van der Waals surface area contributed by atoms with E-state index in [-0.39, 0.29) is 29.1 Å². The van der Waals surface area contributed by atoms with Crippen LogP contribution >= 0.6 is 11.6 Å². The average molecular weight is 516 g/mol. The van der Waals surface area contributed by atoms with E-state index < -0.39 is 5.91 Å². The van der Waals surface area contributed by atoms with Crippen LogP contribution in [0.3, 0.4) is 0 Å². The fourth-order valence-corrected chi connectivity index (χ4v) is 4.60. The second kappa shape index (κ2) is 11.6. The molecule has 12 heteroatoms. The minimum Gasteiger partial charge on any atom is -0.382 e. The fourth-order valence-electron chi connectivity index (χ4n) is 4.47. The third-order valence-electron chi connectivity index (χ3n) is 6.29. The minimum atomic E-state index is -0.460. The highest BCUT2D eigenvalue weighted by Gasteiger charge is 2.25. The Morgan fingerprint density at radius 1 is 1.19 bits per heavy atom. The maximum absolute atomic E-state index is 12.9. The lowest BCUT2D eigenvalue weighted by Crippen LogP contribution is -2.41. The third-order valence-corrected chi connectivity index (χ3v) is 6.47. The number of imidazole rings is 1. The van der Waals surface area contributed by atoms with Crippen LogP contribution in [-0.4, -0.2) is 70.6 Å². The first-order chi connectivity index (χ1) is 17.4. The number of aryl methyl sites for hydroxylation is 2. The Morgan fingerprint density at radius 2 is 1.97 bits per heavy atom. The van der Waals surface area contributed by atoms with Crippen molar-refractivity contribution >= 4 is 40.3 Å². The number of aromatic nitrogens is 4. The van der Waals surface area contributed by atoms with Gasteiger partial charge in [-0.1, -0.05) is 11.6 Å². The molecule has 0 bridgehead atoms. The molecule has 2 amide bonds. The summed E-state index contributed by atoms with van der Waals surface area (Å²) in [6.45, 7) is 10.3. The van der Waals surface area contributed by atoms with Crippen LogP contribution in [0.5, 0.6) is 0 Å². The Balaban J connectivity index is 1.51. The van der Waals surface area contributed by atoms with Gasteiger partial charge in [-0.3, -0.25) is 14.5 Å². The van der Waals surface area contributed by atoms with Crippen LogP contribution in [-0.2, 0) is 24.4 Å². The molecule has 0 aliphatic carbocycles. The molecule has 0 unspecified atom stereocenters. The largest absolute Gasteiger partial charge is 0.382 e. The quantitative estimate of drug-likeness (QED) is 0.362. The summed E-state index contributed by atoms with van der Waals surface area (Å²) in [7, 11) is 0. The Hall–Kier alpha value is -3.28. The first kappa shape index (κ1) is 25.8. The van der Waals surface area contributed by atoms with E-state index in [0.717, 1.165) is 49.7 Å². The summed E-state index contributed by atoms with van der Waals surface area (Å²) in [6, 6.07) is 5.69. The van der Waals surface area contributed by atoms with Crippen LogP contribution in [0.25, 0.3) is 11.0 Å². The maximum Gasteiger partial charge on any atom is 0.277 e. The van der Waals surface area contributed by atoms with E-state index >= 15 is 0 Å². The molecule has 1 aliphatic rings. The molecule has 192 valence electrons. The molecule has 0 atom stereocenters. The lowest BCUT2D eigenvalue weighted by Gasteiger charge is -2.26. The predicted octanol–water partition coefficient (Wildman–Crippen LogP) is 0.986. The summed E-state index contributed by atoms with van der Waals surface area (Å²) in [5, 5.41) is 5.99. The zero-order chi connectivity index (χ0) is 25.7. The summed E-state index contributed by atoms with van der Waals surface area (Å²) in [5.74, 6) is 0.336. The number of ether oxygens (including phenoxy) is 1. The van der Waals surface area contributed by atoms with Gasteiger partial charge in [-0.15, -0.1) is 0 Å². The first-order valence-corrected chi connectivity index (χ1v) is 12.5. The fraction of sp³-hybridized carbons (Fsp3) is 0.458. The Morgan fingerprint density at radius 3 is 2.69 bits per heavy atom. The molecule has 36 heavy (non-hydrogen) atoms. The highest BCUT2D eigenvalue weighted by Crippen LogP contribution is 2.18. The number of benzene rings is 1. The van der Waals surface area contributed by atoms with Crippen molar-refractivity contribution in [3.8, 4) is 0 Å². The van der Waals surface area contributed by atoms with Gasteiger partial charge in [0.15, 0.2) is 22.5 Å². The van der Waals surface area contributed by atoms with Crippen molar-refractivity contribution in [2.75, 3.05) is 45.1 Å². The summed E-state index contributed by atoms with van der Waals surface area (Å²) < 4.78 is 9.58. The van der Waals surface area contributed by atoms with Crippen LogP contribution in [0.15, 0.2) is 24.4 Å². The van der Waals surface area contributed by atoms with Crippen molar-refractivity contribution < 1.29 is 18.9 Å². The van der Waals surface area contributed by atoms with Gasteiger partial charge in [0, 0.05) is 37.8 Å². The van der Waals surface area contributed by atoms with Gasteiger partial charge in [0.2, 0.25) is 0 Å². The number of hydrogen-bond donors (Lipinski definition) is 3. The molecule has 4 rings (SSSR count). The lowest BCUT2D eigenvalue weighted by atomic mass is 10.2. The molecule has 3 aromatic rings. The second-order valence-corrected chi connectivity index (χ2v) is 8.81. The van der Waals surface area contributed by atoms with Gasteiger partial charge in [0.05, 0.1) is 32.5 Å². The predicted molar refractivity (Wildman–Crippen MR) is 136 cm³/mol. The topological polar surface area (TPSA) is 131 Å². The van der Waals surface area contributed by atoms with Crippen LogP contribution in [0.1, 0.15) is 40.5 Å².